The summed E-state index contributed by atoms with van der Waals surface area (Å²) < 4.78 is 40.9. The Kier molecular flexibility index (Phi) is 5.30. The normalized spacial score (nSPS) is 19.2. The van der Waals surface area contributed by atoms with Gasteiger partial charge in [0.2, 0.25) is 5.91 Å². The van der Waals surface area contributed by atoms with E-state index in [0.717, 1.165) is 12.8 Å². The first-order valence-corrected chi connectivity index (χ1v) is 7.04. The van der Waals surface area contributed by atoms with Gasteiger partial charge in [-0.15, -0.1) is 13.2 Å². The number of amides is 1. The molecule has 1 saturated heterocycles. The average molecular weight is 330 g/mol. The van der Waals surface area contributed by atoms with Gasteiger partial charge in [0.1, 0.15) is 0 Å². The zero-order chi connectivity index (χ0) is 16.9. The molecule has 1 unspecified atom stereocenters. The van der Waals surface area contributed by atoms with Gasteiger partial charge in [0.05, 0.1) is 12.2 Å². The van der Waals surface area contributed by atoms with E-state index in [9.17, 15) is 18.0 Å². The minimum atomic E-state index is -4.80. The lowest BCUT2D eigenvalue weighted by atomic mass is 10.0. The van der Waals surface area contributed by atoms with E-state index in [1.807, 2.05) is 0 Å². The van der Waals surface area contributed by atoms with Crippen LogP contribution in [0.1, 0.15) is 19.3 Å². The fourth-order valence-corrected chi connectivity index (χ4v) is 2.19. The average Bonchev–Trinajstić information content (AvgIpc) is 2.46. The Bertz CT molecular complexity index is 590. The van der Waals surface area contributed by atoms with Crippen LogP contribution in [0.3, 0.4) is 0 Å². The van der Waals surface area contributed by atoms with Crippen LogP contribution in [0.4, 0.5) is 18.9 Å². The molecule has 6 nitrogen and oxygen atoms in total. The number of nitrogens with one attached hydrogen (secondary N) is 2. The topological polar surface area (TPSA) is 88.7 Å². The summed E-state index contributed by atoms with van der Waals surface area (Å²) >= 11 is 0. The number of aliphatic imine (C=N–C) groups is 1. The lowest BCUT2D eigenvalue weighted by Crippen LogP contribution is -2.41. The first-order valence-electron chi connectivity index (χ1n) is 7.04. The van der Waals surface area contributed by atoms with Crippen LogP contribution in [-0.4, -0.2) is 30.8 Å². The Balaban J connectivity index is 1.98. The van der Waals surface area contributed by atoms with Crippen LogP contribution >= 0.6 is 0 Å². The molecule has 1 aliphatic heterocycles. The number of alkyl halides is 3. The standard InChI is InChI=1S/C14H17F3N4O2/c15-14(16,17)23-11-6-2-1-5-10(11)21-13(18)19-8-9-4-3-7-12(22)20-9/h1-2,5-6,9H,3-4,7-8H2,(H,20,22)(H3,18,19,21). The summed E-state index contributed by atoms with van der Waals surface area (Å²) in [5.41, 5.74) is 5.73. The van der Waals surface area contributed by atoms with Gasteiger partial charge in [0.25, 0.3) is 0 Å². The third-order valence-corrected chi connectivity index (χ3v) is 3.18. The van der Waals surface area contributed by atoms with Crippen molar-refractivity contribution in [1.82, 2.24) is 5.32 Å². The minimum absolute atomic E-state index is 0.0353. The largest absolute Gasteiger partial charge is 0.573 e. The predicted octanol–water partition coefficient (Wildman–Crippen LogP) is 1.98. The maximum Gasteiger partial charge on any atom is 0.573 e. The van der Waals surface area contributed by atoms with E-state index in [-0.39, 0.29) is 30.1 Å². The van der Waals surface area contributed by atoms with Crippen molar-refractivity contribution < 1.29 is 22.7 Å². The summed E-state index contributed by atoms with van der Waals surface area (Å²) in [7, 11) is 0. The second-order valence-corrected chi connectivity index (χ2v) is 5.05. The highest BCUT2D eigenvalue weighted by Gasteiger charge is 2.32. The Morgan fingerprint density at radius 1 is 1.43 bits per heavy atom. The molecule has 0 saturated carbocycles. The van der Waals surface area contributed by atoms with Gasteiger partial charge in [-0.25, -0.2) is 0 Å². The van der Waals surface area contributed by atoms with E-state index in [2.05, 4.69) is 20.4 Å². The van der Waals surface area contributed by atoms with Crippen LogP contribution in [0.25, 0.3) is 0 Å². The highest BCUT2D eigenvalue weighted by atomic mass is 19.4. The molecule has 2 rings (SSSR count). The quantitative estimate of drug-likeness (QED) is 0.582. The van der Waals surface area contributed by atoms with Gasteiger partial charge >= 0.3 is 6.36 Å². The highest BCUT2D eigenvalue weighted by molar-refractivity contribution is 5.93. The molecular weight excluding hydrogens is 313 g/mol. The van der Waals surface area contributed by atoms with E-state index in [4.69, 9.17) is 5.73 Å². The third kappa shape index (κ3) is 5.68. The molecule has 23 heavy (non-hydrogen) atoms. The lowest BCUT2D eigenvalue weighted by molar-refractivity contribution is -0.274. The maximum atomic E-state index is 12.3. The molecule has 126 valence electrons. The van der Waals surface area contributed by atoms with Crippen molar-refractivity contribution in [3.63, 3.8) is 0 Å². The first kappa shape index (κ1) is 16.9. The van der Waals surface area contributed by atoms with Crippen molar-refractivity contribution >= 4 is 17.6 Å². The molecule has 1 aliphatic rings. The fraction of sp³-hybridized carbons (Fsp3) is 0.429. The predicted molar refractivity (Wildman–Crippen MR) is 79.0 cm³/mol. The number of carbonyl (C=O) groups is 1. The molecule has 0 aromatic heterocycles. The summed E-state index contributed by atoms with van der Waals surface area (Å²) in [6, 6.07) is 5.41. The van der Waals surface area contributed by atoms with Gasteiger partial charge in [0.15, 0.2) is 11.7 Å². The Morgan fingerprint density at radius 2 is 2.17 bits per heavy atom. The van der Waals surface area contributed by atoms with Gasteiger partial charge in [-0.2, -0.15) is 0 Å². The number of benzene rings is 1. The summed E-state index contributed by atoms with van der Waals surface area (Å²) in [6.07, 6.45) is -2.73. The molecule has 0 bridgehead atoms. The number of guanidine groups is 1. The zero-order valence-electron chi connectivity index (χ0n) is 12.2. The summed E-state index contributed by atoms with van der Waals surface area (Å²) in [5, 5.41) is 5.35. The van der Waals surface area contributed by atoms with Crippen molar-refractivity contribution in [3.05, 3.63) is 24.3 Å². The fourth-order valence-electron chi connectivity index (χ4n) is 2.19. The van der Waals surface area contributed by atoms with Crippen LogP contribution in [0.2, 0.25) is 0 Å². The van der Waals surface area contributed by atoms with Crippen molar-refractivity contribution in [1.29, 1.82) is 0 Å². The number of anilines is 1. The van der Waals surface area contributed by atoms with Crippen LogP contribution in [-0.2, 0) is 4.79 Å². The monoisotopic (exact) mass is 330 g/mol. The number of halogens is 3. The number of hydrogen-bond donors (Lipinski definition) is 3. The number of nitrogens with two attached hydrogens (primary N) is 1. The molecule has 4 N–H and O–H groups in total. The van der Waals surface area contributed by atoms with Crippen LogP contribution in [0.15, 0.2) is 29.3 Å². The Morgan fingerprint density at radius 3 is 2.87 bits per heavy atom. The van der Waals surface area contributed by atoms with E-state index >= 15 is 0 Å². The highest BCUT2D eigenvalue weighted by Crippen LogP contribution is 2.29. The zero-order valence-corrected chi connectivity index (χ0v) is 12.2. The maximum absolute atomic E-state index is 12.3. The second kappa shape index (κ2) is 7.21. The van der Waals surface area contributed by atoms with E-state index in [0.29, 0.717) is 6.42 Å². The van der Waals surface area contributed by atoms with Gasteiger partial charge < -0.3 is 21.1 Å². The SMILES string of the molecule is NC(=NCC1CCCC(=O)N1)Nc1ccccc1OC(F)(F)F. The molecule has 0 spiro atoms. The molecular formula is C14H17F3N4O2. The van der Waals surface area contributed by atoms with E-state index in [1.54, 1.807) is 6.07 Å². The lowest BCUT2D eigenvalue weighted by Gasteiger charge is -2.21. The summed E-state index contributed by atoms with van der Waals surface area (Å²) in [4.78, 5) is 15.3. The van der Waals surface area contributed by atoms with E-state index < -0.39 is 12.1 Å². The number of ether oxygens (including phenoxy) is 1. The van der Waals surface area contributed by atoms with Crippen LogP contribution in [0, 0.1) is 0 Å². The van der Waals surface area contributed by atoms with Gasteiger partial charge in [-0.1, -0.05) is 12.1 Å². The Hall–Kier alpha value is -2.45. The number of hydrogen-bond acceptors (Lipinski definition) is 3. The van der Waals surface area contributed by atoms with Crippen molar-refractivity contribution in [3.8, 4) is 5.75 Å². The molecule has 1 heterocycles. The van der Waals surface area contributed by atoms with Gasteiger partial charge in [0, 0.05) is 12.5 Å². The number of para-hydroxylation sites is 2. The second-order valence-electron chi connectivity index (χ2n) is 5.05. The van der Waals surface area contributed by atoms with Crippen molar-refractivity contribution in [2.75, 3.05) is 11.9 Å². The van der Waals surface area contributed by atoms with Crippen LogP contribution < -0.4 is 21.1 Å². The first-order chi connectivity index (χ1) is 10.8. The molecule has 1 fully saturated rings. The summed E-state index contributed by atoms with van der Waals surface area (Å²) in [5.74, 6) is -0.487. The molecule has 0 radical (unpaired) electrons. The number of rotatable bonds is 4. The summed E-state index contributed by atoms with van der Waals surface area (Å²) in [6.45, 7) is 0.257. The Labute approximate surface area is 130 Å². The number of carbonyl (C=O) groups excluding carboxylic acids is 1. The molecule has 9 heteroatoms. The van der Waals surface area contributed by atoms with Crippen molar-refractivity contribution in [2.45, 2.75) is 31.7 Å². The minimum Gasteiger partial charge on any atom is -0.404 e. The molecule has 1 amide bonds. The molecule has 0 aliphatic carbocycles. The number of nitrogens with zero attached hydrogens (tertiary/aromatic N) is 1. The van der Waals surface area contributed by atoms with E-state index in [1.165, 1.54) is 18.2 Å². The molecule has 1 aromatic rings. The van der Waals surface area contributed by atoms with Crippen molar-refractivity contribution in [2.24, 2.45) is 10.7 Å². The van der Waals surface area contributed by atoms with Gasteiger partial charge in [-0.05, 0) is 25.0 Å². The molecule has 1 aromatic carbocycles. The number of piperidine rings is 1. The van der Waals surface area contributed by atoms with Gasteiger partial charge in [-0.3, -0.25) is 9.79 Å². The smallest absolute Gasteiger partial charge is 0.404 e. The molecule has 1 atom stereocenters. The van der Waals surface area contributed by atoms with Crippen LogP contribution in [0.5, 0.6) is 5.75 Å². The third-order valence-electron chi connectivity index (χ3n) is 3.18.